The number of carbonyl (C=O) groups is 2. The molecule has 0 saturated carbocycles. The highest BCUT2D eigenvalue weighted by Gasteiger charge is 2.27. The summed E-state index contributed by atoms with van der Waals surface area (Å²) >= 11 is 0. The molecular weight excluding hydrogens is 928 g/mol. The molecule has 9 nitrogen and oxygen atoms in total. The van der Waals surface area contributed by atoms with Crippen LogP contribution in [-0.2, 0) is 27.9 Å². The van der Waals surface area contributed by atoms with E-state index in [-0.39, 0.29) is 31.5 Å². The minimum atomic E-state index is -4.70. The van der Waals surface area contributed by atoms with E-state index in [1.807, 2.05) is 33.3 Å². The van der Waals surface area contributed by atoms with Crippen molar-refractivity contribution in [2.45, 2.75) is 303 Å². The first kappa shape index (κ1) is 71.0. The van der Waals surface area contributed by atoms with E-state index in [1.165, 1.54) is 173 Å². The summed E-state index contributed by atoms with van der Waals surface area (Å²) in [5, 5.41) is 3.03. The third kappa shape index (κ3) is 54.6. The molecule has 0 aromatic rings. The second-order valence-electron chi connectivity index (χ2n) is 22.2. The number of esters is 1. The van der Waals surface area contributed by atoms with Crippen LogP contribution in [0.2, 0.25) is 0 Å². The number of ether oxygens (including phenoxy) is 1. The molecule has 0 bridgehead atoms. The fraction of sp³-hybridized carbons (Fsp3) is 0.841. The molecule has 428 valence electrons. The molecule has 1 amide bonds. The van der Waals surface area contributed by atoms with Gasteiger partial charge >= 0.3 is 5.97 Å². The van der Waals surface area contributed by atoms with Gasteiger partial charge in [0.1, 0.15) is 19.3 Å². The van der Waals surface area contributed by atoms with Gasteiger partial charge in [-0.3, -0.25) is 14.2 Å². The first-order valence-electron chi connectivity index (χ1n) is 30.9. The van der Waals surface area contributed by atoms with Crippen molar-refractivity contribution in [2.24, 2.45) is 0 Å². The molecule has 3 atom stereocenters. The Morgan fingerprint density at radius 2 is 0.836 bits per heavy atom. The lowest BCUT2D eigenvalue weighted by Gasteiger charge is -2.30. The quantitative estimate of drug-likeness (QED) is 0.0212. The highest BCUT2D eigenvalue weighted by molar-refractivity contribution is 7.45. The van der Waals surface area contributed by atoms with E-state index in [0.29, 0.717) is 17.4 Å². The van der Waals surface area contributed by atoms with Crippen molar-refractivity contribution < 1.29 is 37.3 Å². The molecule has 0 aromatic carbocycles. The van der Waals surface area contributed by atoms with Crippen LogP contribution in [0.4, 0.5) is 0 Å². The molecule has 0 saturated heterocycles. The van der Waals surface area contributed by atoms with E-state index in [2.05, 4.69) is 62.5 Å². The molecule has 0 radical (unpaired) electrons. The molecule has 0 aliphatic rings. The molecule has 0 rings (SSSR count). The molecule has 0 heterocycles. The number of nitrogens with one attached hydrogen (secondary N) is 1. The largest absolute Gasteiger partial charge is 0.756 e. The van der Waals surface area contributed by atoms with Crippen molar-refractivity contribution in [2.75, 3.05) is 40.9 Å². The summed E-state index contributed by atoms with van der Waals surface area (Å²) in [7, 11) is 1.19. The number of hydrogen-bond acceptors (Lipinski definition) is 7. The van der Waals surface area contributed by atoms with Crippen molar-refractivity contribution >= 4 is 19.7 Å². The maximum absolute atomic E-state index is 13.5. The second kappa shape index (κ2) is 53.4. The van der Waals surface area contributed by atoms with E-state index in [0.717, 1.165) is 83.5 Å². The predicted molar refractivity (Wildman–Crippen MR) is 312 cm³/mol. The van der Waals surface area contributed by atoms with Gasteiger partial charge in [0, 0.05) is 12.8 Å². The standard InChI is InChI=1S/C63H119N2O7P/c1-7-10-13-16-19-22-25-27-29-30-31-32-33-34-36-37-40-43-46-49-52-55-62(66)64-60(59-71-73(68,69)70-58-57-65(4,5)6)61(54-51-48-45-42-39-24-21-18-15-12-9-3)72-63(67)56-53-50-47-44-41-38-35-28-26-23-20-17-14-11-8-2/h19,22,27,29,31-32,51,54,60-61H,7-18,20-21,23-26,28,30,33-50,52-53,55-59H2,1-6H3,(H-,64,66,68,69)/b22-19-,29-27-,32-31-,54-51-. The van der Waals surface area contributed by atoms with E-state index < -0.39 is 20.0 Å². The third-order valence-corrected chi connectivity index (χ3v) is 14.7. The summed E-state index contributed by atoms with van der Waals surface area (Å²) < 4.78 is 30.3. The van der Waals surface area contributed by atoms with Crippen LogP contribution in [0.1, 0.15) is 290 Å². The Hall–Kier alpha value is -2.03. The van der Waals surface area contributed by atoms with Crippen molar-refractivity contribution in [3.63, 3.8) is 0 Å². The Balaban J connectivity index is 5.20. The van der Waals surface area contributed by atoms with Gasteiger partial charge in [0.2, 0.25) is 5.91 Å². The first-order chi connectivity index (χ1) is 35.4. The maximum Gasteiger partial charge on any atom is 0.306 e. The summed E-state index contributed by atoms with van der Waals surface area (Å²) in [6, 6.07) is -0.889. The summed E-state index contributed by atoms with van der Waals surface area (Å²) in [5.41, 5.74) is 0. The number of likely N-dealkylation sites (N-methyl/N-ethyl adjacent to an activating group) is 1. The number of carbonyl (C=O) groups excluding carboxylic acids is 2. The van der Waals surface area contributed by atoms with E-state index in [4.69, 9.17) is 13.8 Å². The van der Waals surface area contributed by atoms with Crippen LogP contribution in [0.15, 0.2) is 48.6 Å². The van der Waals surface area contributed by atoms with Crippen molar-refractivity contribution in [1.82, 2.24) is 5.32 Å². The number of nitrogens with zero attached hydrogens (tertiary/aromatic N) is 1. The third-order valence-electron chi connectivity index (χ3n) is 13.8. The van der Waals surface area contributed by atoms with Crippen LogP contribution in [-0.4, -0.2) is 69.4 Å². The SMILES string of the molecule is CCCCC/C=C\C/C=C\C/C=C\CCCCCCCCCCC(=O)NC(COP(=O)([O-])OCC[N+](C)(C)C)C(/C=C\CCCCCCCCCCC)OC(=O)CCCCCCCCCCCCCCCCC. The molecule has 73 heavy (non-hydrogen) atoms. The zero-order valence-electron chi connectivity index (χ0n) is 48.8. The molecule has 3 unspecified atom stereocenters. The van der Waals surface area contributed by atoms with Crippen LogP contribution in [0, 0.1) is 0 Å². The van der Waals surface area contributed by atoms with Gasteiger partial charge in [-0.25, -0.2) is 0 Å². The van der Waals surface area contributed by atoms with Crippen molar-refractivity contribution in [1.29, 1.82) is 0 Å². The van der Waals surface area contributed by atoms with E-state index in [9.17, 15) is 19.0 Å². The number of rotatable bonds is 56. The Labute approximate surface area is 452 Å². The van der Waals surface area contributed by atoms with Crippen LogP contribution in [0.25, 0.3) is 0 Å². The molecule has 0 aromatic heterocycles. The molecule has 0 spiro atoms. The number of hydrogen-bond donors (Lipinski definition) is 1. The Morgan fingerprint density at radius 1 is 0.479 bits per heavy atom. The van der Waals surface area contributed by atoms with Gasteiger partial charge in [0.05, 0.1) is 33.8 Å². The predicted octanol–water partition coefficient (Wildman–Crippen LogP) is 18.3. The Bertz CT molecular complexity index is 1390. The average Bonchev–Trinajstić information content (AvgIpc) is 3.35. The van der Waals surface area contributed by atoms with Crippen molar-refractivity contribution in [3.05, 3.63) is 48.6 Å². The lowest BCUT2D eigenvalue weighted by atomic mass is 10.0. The highest BCUT2D eigenvalue weighted by atomic mass is 31.2. The molecule has 10 heteroatoms. The number of phosphoric acid groups is 1. The van der Waals surface area contributed by atoms with Gasteiger partial charge in [-0.2, -0.15) is 0 Å². The number of unbranched alkanes of at least 4 members (excludes halogenated alkanes) is 34. The minimum Gasteiger partial charge on any atom is -0.756 e. The molecule has 0 aliphatic heterocycles. The maximum atomic E-state index is 13.5. The van der Waals surface area contributed by atoms with Crippen LogP contribution in [0.3, 0.4) is 0 Å². The van der Waals surface area contributed by atoms with Gasteiger partial charge in [-0.15, -0.1) is 0 Å². The van der Waals surface area contributed by atoms with Crippen LogP contribution in [0.5, 0.6) is 0 Å². The zero-order chi connectivity index (χ0) is 53.6. The molecular formula is C63H119N2O7P. The zero-order valence-corrected chi connectivity index (χ0v) is 49.7. The highest BCUT2D eigenvalue weighted by Crippen LogP contribution is 2.38. The number of amides is 1. The Morgan fingerprint density at radius 3 is 1.27 bits per heavy atom. The normalized spacial score (nSPS) is 14.0. The molecule has 0 fully saturated rings. The van der Waals surface area contributed by atoms with Crippen molar-refractivity contribution in [3.8, 4) is 0 Å². The van der Waals surface area contributed by atoms with E-state index in [1.54, 1.807) is 0 Å². The van der Waals surface area contributed by atoms with Gasteiger partial charge in [-0.05, 0) is 70.3 Å². The minimum absolute atomic E-state index is 0.0229. The van der Waals surface area contributed by atoms with Gasteiger partial charge in [0.15, 0.2) is 0 Å². The lowest BCUT2D eigenvalue weighted by Crippen LogP contribution is -2.47. The molecule has 1 N–H and O–H groups in total. The summed E-state index contributed by atoms with van der Waals surface area (Å²) in [6.07, 6.45) is 65.0. The number of allylic oxidation sites excluding steroid dienone is 7. The lowest BCUT2D eigenvalue weighted by molar-refractivity contribution is -0.870. The summed E-state index contributed by atoms with van der Waals surface area (Å²) in [4.78, 5) is 39.9. The fourth-order valence-corrected chi connectivity index (χ4v) is 9.66. The van der Waals surface area contributed by atoms with Gasteiger partial charge < -0.3 is 28.5 Å². The topological polar surface area (TPSA) is 114 Å². The monoisotopic (exact) mass is 1050 g/mol. The summed E-state index contributed by atoms with van der Waals surface area (Å²) in [5.74, 6) is -0.540. The van der Waals surface area contributed by atoms with E-state index >= 15 is 0 Å². The van der Waals surface area contributed by atoms with Gasteiger partial charge in [0.25, 0.3) is 7.82 Å². The fourth-order valence-electron chi connectivity index (χ4n) is 8.94. The molecule has 0 aliphatic carbocycles. The number of phosphoric ester groups is 1. The van der Waals surface area contributed by atoms with Gasteiger partial charge in [-0.1, -0.05) is 256 Å². The number of quaternary nitrogens is 1. The van der Waals surface area contributed by atoms with Crippen LogP contribution < -0.4 is 10.2 Å². The first-order valence-corrected chi connectivity index (χ1v) is 32.4. The second-order valence-corrected chi connectivity index (χ2v) is 23.6. The summed E-state index contributed by atoms with van der Waals surface area (Å²) in [6.45, 7) is 6.83. The average molecular weight is 1050 g/mol. The Kier molecular flexibility index (Phi) is 51.9. The van der Waals surface area contributed by atoms with Crippen LogP contribution >= 0.6 is 7.82 Å². The smallest absolute Gasteiger partial charge is 0.306 e.